The Hall–Kier alpha value is -2.22. The Balaban J connectivity index is 2.05. The van der Waals surface area contributed by atoms with E-state index < -0.39 is 10.0 Å². The molecule has 7 nitrogen and oxygen atoms in total. The molecule has 0 aliphatic rings. The Kier molecular flexibility index (Phi) is 6.69. The van der Waals surface area contributed by atoms with E-state index in [2.05, 4.69) is 25.2 Å². The van der Waals surface area contributed by atoms with Crippen molar-refractivity contribution in [3.8, 4) is 0 Å². The Labute approximate surface area is 149 Å². The van der Waals surface area contributed by atoms with Crippen LogP contribution >= 0.6 is 0 Å². The van der Waals surface area contributed by atoms with Gasteiger partial charge >= 0.3 is 0 Å². The summed E-state index contributed by atoms with van der Waals surface area (Å²) in [7, 11) is -3.29. The summed E-state index contributed by atoms with van der Waals surface area (Å²) >= 11 is 0. The van der Waals surface area contributed by atoms with Crippen LogP contribution in [0.25, 0.3) is 0 Å². The van der Waals surface area contributed by atoms with Crippen molar-refractivity contribution in [2.45, 2.75) is 46.5 Å². The Morgan fingerprint density at radius 1 is 0.920 bits per heavy atom. The molecule has 0 aliphatic heterocycles. The first kappa shape index (κ1) is 19.1. The average Bonchev–Trinajstić information content (AvgIpc) is 2.61. The first-order valence-electron chi connectivity index (χ1n) is 8.57. The minimum absolute atomic E-state index is 0.132. The van der Waals surface area contributed by atoms with Crippen LogP contribution in [0.3, 0.4) is 0 Å². The quantitative estimate of drug-likeness (QED) is 0.709. The Morgan fingerprint density at radius 2 is 1.56 bits per heavy atom. The van der Waals surface area contributed by atoms with E-state index in [0.717, 1.165) is 36.3 Å². The van der Waals surface area contributed by atoms with Crippen molar-refractivity contribution in [2.24, 2.45) is 0 Å². The molecule has 2 aromatic rings. The number of hydrogen-bond acceptors (Lipinski definition) is 6. The molecule has 0 saturated heterocycles. The summed E-state index contributed by atoms with van der Waals surface area (Å²) in [6.45, 7) is 6.02. The highest BCUT2D eigenvalue weighted by Gasteiger charge is 2.10. The van der Waals surface area contributed by atoms with Crippen molar-refractivity contribution in [2.75, 3.05) is 15.8 Å². The van der Waals surface area contributed by atoms with Gasteiger partial charge in [0.1, 0.15) is 0 Å². The van der Waals surface area contributed by atoms with Crippen LogP contribution in [0.2, 0.25) is 0 Å². The van der Waals surface area contributed by atoms with E-state index in [0.29, 0.717) is 18.1 Å². The fourth-order valence-electron chi connectivity index (χ4n) is 2.31. The first-order valence-corrected chi connectivity index (χ1v) is 10.2. The van der Waals surface area contributed by atoms with Gasteiger partial charge in [-0.2, -0.15) is 0 Å². The van der Waals surface area contributed by atoms with E-state index in [4.69, 9.17) is 0 Å². The second-order valence-corrected chi connectivity index (χ2v) is 7.55. The SMILES string of the molecule is CCCCS(=O)(=O)Nc1ccc(Nc2nnc(CC)c(CC)n2)cc1. The van der Waals surface area contributed by atoms with Crippen molar-refractivity contribution in [3.63, 3.8) is 0 Å². The summed E-state index contributed by atoms with van der Waals surface area (Å²) in [6, 6.07) is 6.97. The van der Waals surface area contributed by atoms with E-state index in [1.165, 1.54) is 0 Å². The summed E-state index contributed by atoms with van der Waals surface area (Å²) in [5.41, 5.74) is 3.14. The molecule has 0 radical (unpaired) electrons. The summed E-state index contributed by atoms with van der Waals surface area (Å²) in [5.74, 6) is 0.567. The maximum Gasteiger partial charge on any atom is 0.247 e. The highest BCUT2D eigenvalue weighted by molar-refractivity contribution is 7.92. The zero-order valence-electron chi connectivity index (χ0n) is 14.9. The molecule has 0 unspecified atom stereocenters. The van der Waals surface area contributed by atoms with Crippen molar-refractivity contribution in [1.82, 2.24) is 15.2 Å². The number of benzene rings is 1. The molecule has 0 amide bonds. The fraction of sp³-hybridized carbons (Fsp3) is 0.471. The highest BCUT2D eigenvalue weighted by Crippen LogP contribution is 2.18. The third-order valence-corrected chi connectivity index (χ3v) is 5.06. The molecule has 0 saturated carbocycles. The van der Waals surface area contributed by atoms with Gasteiger partial charge in [0.25, 0.3) is 0 Å². The number of nitrogens with zero attached hydrogens (tertiary/aromatic N) is 3. The lowest BCUT2D eigenvalue weighted by Gasteiger charge is -2.10. The number of aromatic nitrogens is 3. The molecule has 2 rings (SSSR count). The van der Waals surface area contributed by atoms with E-state index in [-0.39, 0.29) is 5.75 Å². The predicted molar refractivity (Wildman–Crippen MR) is 101 cm³/mol. The number of sulfonamides is 1. The molecule has 0 atom stereocenters. The normalized spacial score (nSPS) is 11.3. The van der Waals surface area contributed by atoms with Crippen LogP contribution < -0.4 is 10.0 Å². The number of hydrogen-bond donors (Lipinski definition) is 2. The highest BCUT2D eigenvalue weighted by atomic mass is 32.2. The smallest absolute Gasteiger partial charge is 0.247 e. The molecule has 1 aromatic heterocycles. The third kappa shape index (κ3) is 5.67. The predicted octanol–water partition coefficient (Wildman–Crippen LogP) is 3.28. The van der Waals surface area contributed by atoms with E-state index >= 15 is 0 Å². The van der Waals surface area contributed by atoms with Gasteiger partial charge in [-0.1, -0.05) is 27.2 Å². The molecule has 0 spiro atoms. The zero-order valence-corrected chi connectivity index (χ0v) is 15.7. The number of unbranched alkanes of at least 4 members (excludes halogenated alkanes) is 1. The second-order valence-electron chi connectivity index (χ2n) is 5.71. The number of anilines is 3. The minimum Gasteiger partial charge on any atom is -0.323 e. The van der Waals surface area contributed by atoms with Gasteiger partial charge in [0.2, 0.25) is 16.0 Å². The first-order chi connectivity index (χ1) is 12.0. The maximum atomic E-state index is 11.9. The number of aryl methyl sites for hydroxylation is 2. The average molecular weight is 363 g/mol. The molecule has 1 aromatic carbocycles. The lowest BCUT2D eigenvalue weighted by molar-refractivity contribution is 0.598. The molecular formula is C17H25N5O2S. The zero-order chi connectivity index (χ0) is 18.3. The Bertz CT molecular complexity index is 791. The maximum absolute atomic E-state index is 11.9. The van der Waals surface area contributed by atoms with E-state index in [9.17, 15) is 8.42 Å². The molecule has 2 N–H and O–H groups in total. The Morgan fingerprint density at radius 3 is 2.16 bits per heavy atom. The van der Waals surface area contributed by atoms with Gasteiger partial charge < -0.3 is 5.32 Å². The molecular weight excluding hydrogens is 338 g/mol. The van der Waals surface area contributed by atoms with Gasteiger partial charge in [0, 0.05) is 11.4 Å². The van der Waals surface area contributed by atoms with Gasteiger partial charge in [0.05, 0.1) is 17.1 Å². The van der Waals surface area contributed by atoms with Crippen LogP contribution in [0.15, 0.2) is 24.3 Å². The molecule has 1 heterocycles. The molecule has 0 bridgehead atoms. The van der Waals surface area contributed by atoms with Crippen LogP contribution in [0, 0.1) is 0 Å². The number of rotatable bonds is 9. The van der Waals surface area contributed by atoms with Gasteiger partial charge in [-0.25, -0.2) is 13.4 Å². The molecule has 0 aliphatic carbocycles. The molecule has 136 valence electrons. The van der Waals surface area contributed by atoms with Crippen LogP contribution in [0.5, 0.6) is 0 Å². The van der Waals surface area contributed by atoms with Crippen molar-refractivity contribution in [1.29, 1.82) is 0 Å². The van der Waals surface area contributed by atoms with E-state index in [1.54, 1.807) is 24.3 Å². The van der Waals surface area contributed by atoms with Crippen LogP contribution in [0.1, 0.15) is 45.0 Å². The van der Waals surface area contributed by atoms with Gasteiger partial charge in [-0.05, 0) is 43.5 Å². The summed E-state index contributed by atoms with van der Waals surface area (Å²) < 4.78 is 26.4. The fourth-order valence-corrected chi connectivity index (χ4v) is 3.57. The number of nitrogens with one attached hydrogen (secondary N) is 2. The minimum atomic E-state index is -3.29. The van der Waals surface area contributed by atoms with Crippen LogP contribution in [0.4, 0.5) is 17.3 Å². The van der Waals surface area contributed by atoms with Gasteiger partial charge in [-0.3, -0.25) is 4.72 Å². The topological polar surface area (TPSA) is 96.9 Å². The largest absolute Gasteiger partial charge is 0.323 e. The van der Waals surface area contributed by atoms with Crippen LogP contribution in [-0.4, -0.2) is 29.4 Å². The third-order valence-electron chi connectivity index (χ3n) is 3.69. The second kappa shape index (κ2) is 8.75. The van der Waals surface area contributed by atoms with Crippen molar-refractivity contribution in [3.05, 3.63) is 35.7 Å². The monoisotopic (exact) mass is 363 g/mol. The lowest BCUT2D eigenvalue weighted by Crippen LogP contribution is -2.16. The molecule has 8 heteroatoms. The van der Waals surface area contributed by atoms with Crippen molar-refractivity contribution >= 4 is 27.3 Å². The van der Waals surface area contributed by atoms with Gasteiger partial charge in [0.15, 0.2) is 0 Å². The van der Waals surface area contributed by atoms with Crippen LogP contribution in [-0.2, 0) is 22.9 Å². The lowest BCUT2D eigenvalue weighted by atomic mass is 10.2. The van der Waals surface area contributed by atoms with E-state index in [1.807, 2.05) is 20.8 Å². The molecule has 0 fully saturated rings. The summed E-state index contributed by atoms with van der Waals surface area (Å²) in [5, 5.41) is 11.4. The molecule has 25 heavy (non-hydrogen) atoms. The summed E-state index contributed by atoms with van der Waals surface area (Å²) in [6.07, 6.45) is 3.09. The summed E-state index contributed by atoms with van der Waals surface area (Å²) in [4.78, 5) is 4.48. The standard InChI is InChI=1S/C17H25N5O2S/c1-4-7-12-25(23,24)22-14-10-8-13(9-11-14)18-17-19-15(5-2)16(6-3)20-21-17/h8-11,22H,4-7,12H2,1-3H3,(H,18,19,21). The van der Waals surface area contributed by atoms with Crippen molar-refractivity contribution < 1.29 is 8.42 Å². The van der Waals surface area contributed by atoms with Gasteiger partial charge in [-0.15, -0.1) is 10.2 Å².